The van der Waals surface area contributed by atoms with Crippen LogP contribution < -0.4 is 5.32 Å². The number of sulfone groups is 2. The fourth-order valence-electron chi connectivity index (χ4n) is 5.56. The van der Waals surface area contributed by atoms with Crippen LogP contribution in [0, 0.1) is 35.6 Å². The molecule has 4 aromatic heterocycles. The number of aromatic nitrogens is 6. The number of carbonyl (C=O) groups is 2. The molecule has 6 aromatic rings. The highest BCUT2D eigenvalue weighted by Gasteiger charge is 2.30. The predicted octanol–water partition coefficient (Wildman–Crippen LogP) is 7.10. The number of hydrogen-bond donors (Lipinski definition) is 2. The first kappa shape index (κ1) is 46.7. The van der Waals surface area contributed by atoms with Crippen molar-refractivity contribution in [2.45, 2.75) is 60.7 Å². The van der Waals surface area contributed by atoms with Crippen LogP contribution in [0.5, 0.6) is 0 Å². The van der Waals surface area contributed by atoms with Gasteiger partial charge in [-0.15, -0.1) is 0 Å². The molecule has 62 heavy (non-hydrogen) atoms. The molecule has 0 fully saturated rings. The minimum absolute atomic E-state index is 0.0240. The van der Waals surface area contributed by atoms with Gasteiger partial charge in [-0.1, -0.05) is 44.5 Å². The quantitative estimate of drug-likeness (QED) is 0.0986. The topological polar surface area (TPSA) is 209 Å². The van der Waals surface area contributed by atoms with Gasteiger partial charge in [0, 0.05) is 43.8 Å². The average molecular weight is 921 g/mol. The van der Waals surface area contributed by atoms with Crippen LogP contribution >= 0.6 is 11.6 Å². The van der Waals surface area contributed by atoms with Gasteiger partial charge < -0.3 is 20.1 Å². The van der Waals surface area contributed by atoms with E-state index in [4.69, 9.17) is 16.3 Å². The second kappa shape index (κ2) is 18.7. The van der Waals surface area contributed by atoms with E-state index in [1.54, 1.807) is 6.92 Å². The van der Waals surface area contributed by atoms with E-state index in [9.17, 15) is 49.1 Å². The summed E-state index contributed by atoms with van der Waals surface area (Å²) in [6, 6.07) is 14.2. The summed E-state index contributed by atoms with van der Waals surface area (Å²) in [5, 5.41) is 19.1. The van der Waals surface area contributed by atoms with Crippen molar-refractivity contribution < 1.29 is 53.8 Å². The van der Waals surface area contributed by atoms with Gasteiger partial charge in [-0.2, -0.15) is 10.2 Å². The van der Waals surface area contributed by atoms with Gasteiger partial charge in [-0.05, 0) is 60.9 Å². The maximum absolute atomic E-state index is 14.6. The fourth-order valence-corrected chi connectivity index (χ4v) is 8.34. The van der Waals surface area contributed by atoms with Gasteiger partial charge in [-0.25, -0.2) is 58.3 Å². The second-order valence-corrected chi connectivity index (χ2v) is 18.6. The molecule has 0 unspecified atom stereocenters. The van der Waals surface area contributed by atoms with Crippen LogP contribution in [0.1, 0.15) is 37.9 Å². The van der Waals surface area contributed by atoms with Crippen molar-refractivity contribution in [1.29, 1.82) is 0 Å². The first-order chi connectivity index (χ1) is 29.0. The molecule has 2 aromatic carbocycles. The molecule has 2 amide bonds. The third-order valence-electron chi connectivity index (χ3n) is 8.37. The van der Waals surface area contributed by atoms with Crippen molar-refractivity contribution in [3.05, 3.63) is 131 Å². The van der Waals surface area contributed by atoms with E-state index in [1.165, 1.54) is 55.6 Å². The lowest BCUT2D eigenvalue weighted by atomic mass is 9.96. The summed E-state index contributed by atoms with van der Waals surface area (Å²) in [7, 11) is -7.15. The number of aryl methyl sites for hydroxylation is 1. The largest absolute Gasteiger partial charge is 0.465 e. The highest BCUT2D eigenvalue weighted by Crippen LogP contribution is 2.29. The van der Waals surface area contributed by atoms with Gasteiger partial charge in [0.25, 0.3) is 0 Å². The third kappa shape index (κ3) is 10.7. The molecule has 0 aliphatic rings. The van der Waals surface area contributed by atoms with Crippen LogP contribution in [0.3, 0.4) is 0 Å². The molecular weight excluding hydrogens is 884 g/mol. The van der Waals surface area contributed by atoms with Crippen molar-refractivity contribution in [3.8, 4) is 11.4 Å². The van der Waals surface area contributed by atoms with E-state index in [0.29, 0.717) is 5.69 Å². The monoisotopic (exact) mass is 920 g/mol. The van der Waals surface area contributed by atoms with Crippen LogP contribution in [0.15, 0.2) is 105 Å². The molecule has 0 spiro atoms. The number of ether oxygens (including phenoxy) is 1. The molecule has 0 saturated carbocycles. The lowest BCUT2D eigenvalue weighted by Gasteiger charge is -2.27. The van der Waals surface area contributed by atoms with E-state index in [0.717, 1.165) is 50.9 Å². The summed E-state index contributed by atoms with van der Waals surface area (Å²) < 4.78 is 116. The summed E-state index contributed by atoms with van der Waals surface area (Å²) in [6.07, 6.45) is 0.191. The molecule has 328 valence electrons. The molecule has 16 nitrogen and oxygen atoms in total. The normalized spacial score (nSPS) is 11.7. The number of halogens is 5. The van der Waals surface area contributed by atoms with E-state index < -0.39 is 76.6 Å². The maximum Gasteiger partial charge on any atom is 0.407 e. The molecule has 4 heterocycles. The molecule has 0 aliphatic heterocycles. The Hall–Kier alpha value is -6.39. The Morgan fingerprint density at radius 3 is 1.74 bits per heavy atom. The summed E-state index contributed by atoms with van der Waals surface area (Å²) in [5.74, 6) is -4.93. The van der Waals surface area contributed by atoms with Gasteiger partial charge in [-0.3, -0.25) is 4.98 Å². The van der Waals surface area contributed by atoms with Crippen LogP contribution in [0.2, 0.25) is 5.15 Å². The fraction of sp³-hybridized carbons (Fsp3) is 0.231. The lowest BCUT2D eigenvalue weighted by Crippen LogP contribution is -2.36. The Kier molecular flexibility index (Phi) is 14.1. The lowest BCUT2D eigenvalue weighted by molar-refractivity contribution is 0.122. The number of pyridine rings is 2. The van der Waals surface area contributed by atoms with Gasteiger partial charge >= 0.3 is 12.2 Å². The first-order valence-corrected chi connectivity index (χ1v) is 21.3. The maximum atomic E-state index is 14.6. The Bertz CT molecular complexity index is 2840. The standard InChI is InChI=1S/C21H21ClF2N4O4S.C18H16F2N4O4S/c1-21(2,3)12-27(20(29)30)11-13-9-18(33(31,32)14-7-8-17(22)25-10-14)28(26-13)16-6-4-5-15(23)19(16)24;1-11-6-7-13(9-22-11)29(26,27)16-8-12(10-28-18(25)21-2)23-24(16)15-5-3-4-14(19)17(15)20/h4-10H,11-12H2,1-3H3,(H,29,30);3-9H,10H2,1-2H3,(H,21,25). The third-order valence-corrected chi connectivity index (χ3v) is 12.0. The Morgan fingerprint density at radius 2 is 1.29 bits per heavy atom. The summed E-state index contributed by atoms with van der Waals surface area (Å²) in [4.78, 5) is 31.4. The first-order valence-electron chi connectivity index (χ1n) is 18.0. The number of rotatable bonds is 11. The van der Waals surface area contributed by atoms with E-state index in [2.05, 4.69) is 25.5 Å². The number of amides is 2. The second-order valence-electron chi connectivity index (χ2n) is 14.4. The van der Waals surface area contributed by atoms with Crippen molar-refractivity contribution in [1.82, 2.24) is 39.7 Å². The molecule has 0 radical (unpaired) electrons. The highest BCUT2D eigenvalue weighted by atomic mass is 35.5. The van der Waals surface area contributed by atoms with Crippen LogP contribution in [-0.2, 0) is 37.6 Å². The van der Waals surface area contributed by atoms with Gasteiger partial charge in [0.15, 0.2) is 33.3 Å². The zero-order valence-electron chi connectivity index (χ0n) is 33.3. The molecule has 6 rings (SSSR count). The Labute approximate surface area is 357 Å². The van der Waals surface area contributed by atoms with Gasteiger partial charge in [0.05, 0.1) is 22.0 Å². The van der Waals surface area contributed by atoms with Gasteiger partial charge in [0.1, 0.15) is 28.8 Å². The Morgan fingerprint density at radius 1 is 0.790 bits per heavy atom. The van der Waals surface area contributed by atoms with Crippen molar-refractivity contribution >= 4 is 43.5 Å². The number of nitrogens with one attached hydrogen (secondary N) is 1. The molecule has 0 saturated heterocycles. The van der Waals surface area contributed by atoms with Crippen LogP contribution in [0.25, 0.3) is 11.4 Å². The van der Waals surface area contributed by atoms with E-state index >= 15 is 0 Å². The van der Waals surface area contributed by atoms with Crippen LogP contribution in [-0.4, -0.2) is 82.1 Å². The molecule has 23 heteroatoms. The zero-order valence-corrected chi connectivity index (χ0v) is 35.7. The number of benzene rings is 2. The minimum Gasteiger partial charge on any atom is -0.465 e. The zero-order chi connectivity index (χ0) is 45.7. The number of carboxylic acid groups (broad SMARTS) is 1. The van der Waals surface area contributed by atoms with E-state index in [-0.39, 0.29) is 51.4 Å². The van der Waals surface area contributed by atoms with Crippen molar-refractivity contribution in [2.75, 3.05) is 13.6 Å². The molecular formula is C39H37ClF4N8O8S2. The number of alkyl carbamates (subject to hydrolysis) is 1. The van der Waals surface area contributed by atoms with E-state index in [1.807, 2.05) is 20.8 Å². The minimum atomic E-state index is -4.31. The molecule has 0 bridgehead atoms. The summed E-state index contributed by atoms with van der Waals surface area (Å²) in [6.45, 7) is 6.70. The molecule has 0 atom stereocenters. The summed E-state index contributed by atoms with van der Waals surface area (Å²) in [5.41, 5.74) is -0.580. The molecule has 0 aliphatic carbocycles. The number of nitrogens with zero attached hydrogens (tertiary/aromatic N) is 7. The number of carbonyl (C=O) groups excluding carboxylic acids is 1. The average Bonchev–Trinajstić information content (AvgIpc) is 3.85. The SMILES string of the molecule is CC(C)(C)CN(Cc1cc(S(=O)(=O)c2ccc(Cl)nc2)n(-c2cccc(F)c2F)n1)C(=O)O.CNC(=O)OCc1cc(S(=O)(=O)c2ccc(C)nc2)n(-c2cccc(F)c2F)n1. The molecule has 2 N–H and O–H groups in total. The van der Waals surface area contributed by atoms with Crippen LogP contribution in [0.4, 0.5) is 27.2 Å². The van der Waals surface area contributed by atoms with Crippen molar-refractivity contribution in [2.24, 2.45) is 5.41 Å². The Balaban J connectivity index is 0.000000236. The van der Waals surface area contributed by atoms with Crippen molar-refractivity contribution in [3.63, 3.8) is 0 Å². The predicted molar refractivity (Wildman–Crippen MR) is 213 cm³/mol. The van der Waals surface area contributed by atoms with Gasteiger partial charge in [0.2, 0.25) is 19.7 Å². The number of hydrogen-bond acceptors (Lipinski definition) is 11. The smallest absolute Gasteiger partial charge is 0.407 e. The summed E-state index contributed by atoms with van der Waals surface area (Å²) >= 11 is 5.74. The highest BCUT2D eigenvalue weighted by molar-refractivity contribution is 7.91.